The Labute approximate surface area is 114 Å². The maximum Gasteiger partial charge on any atom is 0.129 e. The maximum absolute atomic E-state index is 10.4. The lowest BCUT2D eigenvalue weighted by molar-refractivity contribution is -0.0497. The number of methoxy groups -OCH3 is 1. The average Bonchev–Trinajstić information content (AvgIpc) is 2.37. The SMILES string of the molecule is COc1ccc2c(c1)OC1(CCCC(C)C1)C[C@H]2O. The van der Waals surface area contributed by atoms with Crippen LogP contribution in [0.3, 0.4) is 0 Å². The van der Waals surface area contributed by atoms with Crippen LogP contribution in [0.2, 0.25) is 0 Å². The first-order valence-corrected chi connectivity index (χ1v) is 7.17. The van der Waals surface area contributed by atoms with Gasteiger partial charge in [0.05, 0.1) is 13.2 Å². The monoisotopic (exact) mass is 262 g/mol. The highest BCUT2D eigenvalue weighted by Crippen LogP contribution is 2.48. The van der Waals surface area contributed by atoms with Gasteiger partial charge < -0.3 is 14.6 Å². The van der Waals surface area contributed by atoms with E-state index in [0.29, 0.717) is 5.92 Å². The van der Waals surface area contributed by atoms with Gasteiger partial charge in [-0.1, -0.05) is 13.3 Å². The fourth-order valence-electron chi connectivity index (χ4n) is 3.63. The summed E-state index contributed by atoms with van der Waals surface area (Å²) in [6.45, 7) is 2.28. The molecule has 0 amide bonds. The van der Waals surface area contributed by atoms with Crippen LogP contribution < -0.4 is 9.47 Å². The average molecular weight is 262 g/mol. The Morgan fingerprint density at radius 1 is 1.37 bits per heavy atom. The zero-order valence-electron chi connectivity index (χ0n) is 11.7. The lowest BCUT2D eigenvalue weighted by Gasteiger charge is -2.45. The second kappa shape index (κ2) is 4.71. The molecule has 3 rings (SSSR count). The van der Waals surface area contributed by atoms with Gasteiger partial charge in [-0.25, -0.2) is 0 Å². The molecular weight excluding hydrogens is 240 g/mol. The number of hydrogen-bond acceptors (Lipinski definition) is 3. The summed E-state index contributed by atoms with van der Waals surface area (Å²) in [4.78, 5) is 0. The number of fused-ring (bicyclic) bond motifs is 1. The van der Waals surface area contributed by atoms with Crippen LogP contribution in [0.25, 0.3) is 0 Å². The Morgan fingerprint density at radius 2 is 2.21 bits per heavy atom. The smallest absolute Gasteiger partial charge is 0.129 e. The predicted octanol–water partition coefficient (Wildman–Crippen LogP) is 3.46. The molecule has 3 nitrogen and oxygen atoms in total. The third kappa shape index (κ3) is 2.32. The zero-order chi connectivity index (χ0) is 13.5. The number of hydrogen-bond donors (Lipinski definition) is 1. The Morgan fingerprint density at radius 3 is 2.95 bits per heavy atom. The number of aliphatic hydroxyl groups is 1. The second-order valence-electron chi connectivity index (χ2n) is 6.11. The van der Waals surface area contributed by atoms with Crippen LogP contribution in [0, 0.1) is 5.92 Å². The summed E-state index contributed by atoms with van der Waals surface area (Å²) in [6, 6.07) is 5.70. The van der Waals surface area contributed by atoms with Gasteiger partial charge in [0.15, 0.2) is 0 Å². The fourth-order valence-corrected chi connectivity index (χ4v) is 3.63. The molecule has 3 atom stereocenters. The van der Waals surface area contributed by atoms with Crippen molar-refractivity contribution in [3.05, 3.63) is 23.8 Å². The van der Waals surface area contributed by atoms with E-state index in [1.807, 2.05) is 18.2 Å². The molecule has 1 N–H and O–H groups in total. The lowest BCUT2D eigenvalue weighted by Crippen LogP contribution is -2.44. The maximum atomic E-state index is 10.4. The molecule has 0 radical (unpaired) electrons. The number of ether oxygens (including phenoxy) is 2. The van der Waals surface area contributed by atoms with E-state index in [0.717, 1.165) is 36.3 Å². The highest BCUT2D eigenvalue weighted by molar-refractivity contribution is 5.44. The fraction of sp³-hybridized carbons (Fsp3) is 0.625. The van der Waals surface area contributed by atoms with E-state index in [2.05, 4.69) is 6.92 Å². The standard InChI is InChI=1S/C16H22O3/c1-11-4-3-7-16(9-11)10-14(17)13-6-5-12(18-2)8-15(13)19-16/h5-6,8,11,14,17H,3-4,7,9-10H2,1-2H3/t11?,14-,16?/m1/s1. The van der Waals surface area contributed by atoms with Gasteiger partial charge in [0.2, 0.25) is 0 Å². The molecule has 19 heavy (non-hydrogen) atoms. The van der Waals surface area contributed by atoms with Crippen LogP contribution in [0.15, 0.2) is 18.2 Å². The van der Waals surface area contributed by atoms with Crippen LogP contribution >= 0.6 is 0 Å². The van der Waals surface area contributed by atoms with Gasteiger partial charge in [-0.15, -0.1) is 0 Å². The molecule has 0 aromatic heterocycles. The van der Waals surface area contributed by atoms with Crippen molar-refractivity contribution in [1.29, 1.82) is 0 Å². The predicted molar refractivity (Wildman–Crippen MR) is 73.6 cm³/mol. The van der Waals surface area contributed by atoms with Crippen molar-refractivity contribution in [3.8, 4) is 11.5 Å². The van der Waals surface area contributed by atoms with E-state index in [4.69, 9.17) is 9.47 Å². The summed E-state index contributed by atoms with van der Waals surface area (Å²) in [5.41, 5.74) is 0.723. The molecule has 1 saturated carbocycles. The molecule has 1 fully saturated rings. The highest BCUT2D eigenvalue weighted by atomic mass is 16.5. The van der Waals surface area contributed by atoms with Gasteiger partial charge in [-0.05, 0) is 37.3 Å². The van der Waals surface area contributed by atoms with Crippen LogP contribution in [0.4, 0.5) is 0 Å². The van der Waals surface area contributed by atoms with Gasteiger partial charge in [0.1, 0.15) is 17.1 Å². The third-order valence-corrected chi connectivity index (χ3v) is 4.52. The van der Waals surface area contributed by atoms with E-state index in [1.165, 1.54) is 12.8 Å². The number of benzene rings is 1. The van der Waals surface area contributed by atoms with Gasteiger partial charge in [0, 0.05) is 18.1 Å². The van der Waals surface area contributed by atoms with Gasteiger partial charge in [-0.3, -0.25) is 0 Å². The molecule has 1 spiro atoms. The van der Waals surface area contributed by atoms with E-state index in [1.54, 1.807) is 7.11 Å². The van der Waals surface area contributed by atoms with E-state index in [-0.39, 0.29) is 5.60 Å². The summed E-state index contributed by atoms with van der Waals surface area (Å²) in [7, 11) is 1.65. The van der Waals surface area contributed by atoms with Crippen LogP contribution in [0.5, 0.6) is 11.5 Å². The second-order valence-corrected chi connectivity index (χ2v) is 6.11. The summed E-state index contributed by atoms with van der Waals surface area (Å²) < 4.78 is 11.6. The van der Waals surface area contributed by atoms with Crippen LogP contribution in [-0.2, 0) is 0 Å². The first kappa shape index (κ1) is 12.8. The van der Waals surface area contributed by atoms with E-state index in [9.17, 15) is 5.11 Å². The van der Waals surface area contributed by atoms with Crippen molar-refractivity contribution in [2.45, 2.75) is 50.7 Å². The number of rotatable bonds is 1. The van der Waals surface area contributed by atoms with Crippen molar-refractivity contribution >= 4 is 0 Å². The first-order chi connectivity index (χ1) is 9.12. The van der Waals surface area contributed by atoms with Gasteiger partial charge in [-0.2, -0.15) is 0 Å². The minimum atomic E-state index is -0.417. The molecule has 1 heterocycles. The topological polar surface area (TPSA) is 38.7 Å². The molecule has 1 aromatic carbocycles. The normalized spacial score (nSPS) is 33.6. The van der Waals surface area contributed by atoms with Gasteiger partial charge >= 0.3 is 0 Å². The molecule has 1 aromatic rings. The largest absolute Gasteiger partial charge is 0.497 e. The van der Waals surface area contributed by atoms with E-state index < -0.39 is 6.10 Å². The van der Waals surface area contributed by atoms with Crippen molar-refractivity contribution < 1.29 is 14.6 Å². The van der Waals surface area contributed by atoms with Crippen molar-refractivity contribution in [2.75, 3.05) is 7.11 Å². The molecular formula is C16H22O3. The zero-order valence-corrected chi connectivity index (χ0v) is 11.7. The third-order valence-electron chi connectivity index (χ3n) is 4.52. The molecule has 0 bridgehead atoms. The lowest BCUT2D eigenvalue weighted by atomic mass is 9.74. The Hall–Kier alpha value is -1.22. The van der Waals surface area contributed by atoms with Crippen LogP contribution in [-0.4, -0.2) is 17.8 Å². The Bertz CT molecular complexity index is 471. The first-order valence-electron chi connectivity index (χ1n) is 7.17. The van der Waals surface area contributed by atoms with Crippen molar-refractivity contribution in [3.63, 3.8) is 0 Å². The molecule has 104 valence electrons. The summed E-state index contributed by atoms with van der Waals surface area (Å²) in [5.74, 6) is 2.26. The summed E-state index contributed by atoms with van der Waals surface area (Å²) in [6.07, 6.45) is 4.85. The quantitative estimate of drug-likeness (QED) is 0.842. The molecule has 0 saturated heterocycles. The van der Waals surface area contributed by atoms with Crippen molar-refractivity contribution in [1.82, 2.24) is 0 Å². The van der Waals surface area contributed by atoms with Crippen molar-refractivity contribution in [2.24, 2.45) is 5.92 Å². The highest BCUT2D eigenvalue weighted by Gasteiger charge is 2.43. The molecule has 3 heteroatoms. The minimum absolute atomic E-state index is 0.170. The molecule has 1 aliphatic carbocycles. The summed E-state index contributed by atoms with van der Waals surface area (Å²) in [5, 5.41) is 10.4. The molecule has 2 unspecified atom stereocenters. The Kier molecular flexibility index (Phi) is 3.17. The van der Waals surface area contributed by atoms with Gasteiger partial charge in [0.25, 0.3) is 0 Å². The number of aliphatic hydroxyl groups excluding tert-OH is 1. The Balaban J connectivity index is 1.93. The van der Waals surface area contributed by atoms with E-state index >= 15 is 0 Å². The van der Waals surface area contributed by atoms with Crippen LogP contribution in [0.1, 0.15) is 50.7 Å². The summed E-state index contributed by atoms with van der Waals surface area (Å²) >= 11 is 0. The molecule has 1 aliphatic heterocycles. The minimum Gasteiger partial charge on any atom is -0.497 e. The molecule has 2 aliphatic rings.